The molecule has 6 heterocycles. The number of nitrogens with zero attached hydrogens (tertiary/aromatic N) is 9. The van der Waals surface area contributed by atoms with E-state index >= 15 is 0 Å². The number of aryl methyl sites for hydroxylation is 2. The lowest BCUT2D eigenvalue weighted by molar-refractivity contribution is -0.0363. The van der Waals surface area contributed by atoms with Crippen LogP contribution in [0.25, 0.3) is 22.6 Å². The van der Waals surface area contributed by atoms with Gasteiger partial charge in [0.15, 0.2) is 17.2 Å². The van der Waals surface area contributed by atoms with E-state index in [1.807, 2.05) is 36.1 Å². The van der Waals surface area contributed by atoms with Gasteiger partial charge in [-0.05, 0) is 74.6 Å². The molecule has 1 amide bonds. The van der Waals surface area contributed by atoms with E-state index in [0.29, 0.717) is 64.2 Å². The number of pyridine rings is 2. The highest BCUT2D eigenvalue weighted by Crippen LogP contribution is 2.40. The van der Waals surface area contributed by atoms with Crippen LogP contribution in [0.5, 0.6) is 5.75 Å². The van der Waals surface area contributed by atoms with E-state index in [0.717, 1.165) is 38.8 Å². The van der Waals surface area contributed by atoms with Crippen molar-refractivity contribution in [3.8, 4) is 17.1 Å². The van der Waals surface area contributed by atoms with Gasteiger partial charge < -0.3 is 19.7 Å². The Balaban J connectivity index is 1.32. The van der Waals surface area contributed by atoms with Crippen LogP contribution < -0.4 is 10.1 Å². The van der Waals surface area contributed by atoms with E-state index < -0.39 is 18.5 Å². The average Bonchev–Trinajstić information content (AvgIpc) is 3.86. The highest BCUT2D eigenvalue weighted by molar-refractivity contribution is 5.95. The normalized spacial score (nSPS) is 16.6. The lowest BCUT2D eigenvalue weighted by Gasteiger charge is -2.25. The second-order valence-corrected chi connectivity index (χ2v) is 12.0. The number of aromatic nitrogens is 8. The lowest BCUT2D eigenvalue weighted by Crippen LogP contribution is -2.28. The molecule has 1 atom stereocenters. The number of hydrogen-bond donors (Lipinski definition) is 1. The number of imidazole rings is 1. The molecule has 1 N–H and O–H groups in total. The zero-order chi connectivity index (χ0) is 33.4. The van der Waals surface area contributed by atoms with Crippen LogP contribution >= 0.6 is 0 Å². The number of alkyl halides is 2. The standard InChI is InChI=1S/C33H36F2N10O3/c1-19-22(33(46)44-14-5-6-15-44)13-12-20(36-19)17-21-18-25(38-24-10-8-9-23(28(24)47-3)30-40-42-43(2)41-30)27-31(37-21)45(32(39-27)29(34)35)26-11-4-7-16-48-26/h8-10,12-13,18,26,29H,4-7,11,14-17H2,1-3H3,(H,37,38). The highest BCUT2D eigenvalue weighted by atomic mass is 19.3. The van der Waals surface area contributed by atoms with E-state index in [1.165, 1.54) is 16.5 Å². The number of tetrazole rings is 1. The maximum absolute atomic E-state index is 14.6. The summed E-state index contributed by atoms with van der Waals surface area (Å²) in [6.07, 6.45) is 1.07. The second-order valence-electron chi connectivity index (χ2n) is 12.0. The Morgan fingerprint density at radius 3 is 2.58 bits per heavy atom. The monoisotopic (exact) mass is 658 g/mol. The number of carbonyl (C=O) groups is 1. The number of amides is 1. The summed E-state index contributed by atoms with van der Waals surface area (Å²) in [7, 11) is 3.20. The molecule has 2 aliphatic rings. The SMILES string of the molecule is COc1c(Nc2cc(Cc3ccc(C(=O)N4CCCC4)c(C)n3)nc3c2nc(C(F)F)n3C2CCCCO2)cccc1-c1nnn(C)n1. The van der Waals surface area contributed by atoms with E-state index in [2.05, 4.69) is 25.7 Å². The Labute approximate surface area is 275 Å². The minimum atomic E-state index is -2.85. The number of anilines is 2. The van der Waals surface area contributed by atoms with Gasteiger partial charge in [-0.2, -0.15) is 4.80 Å². The van der Waals surface area contributed by atoms with Gasteiger partial charge in [0.2, 0.25) is 5.82 Å². The molecule has 5 aromatic rings. The molecule has 13 nitrogen and oxygen atoms in total. The summed E-state index contributed by atoms with van der Waals surface area (Å²) >= 11 is 0. The topological polar surface area (TPSA) is 138 Å². The molecule has 1 aromatic carbocycles. The minimum Gasteiger partial charge on any atom is -0.494 e. The third-order valence-corrected chi connectivity index (χ3v) is 8.73. The van der Waals surface area contributed by atoms with Gasteiger partial charge >= 0.3 is 0 Å². The summed E-state index contributed by atoms with van der Waals surface area (Å²) in [5.41, 5.74) is 4.59. The first-order valence-corrected chi connectivity index (χ1v) is 16.1. The number of para-hydroxylation sites is 1. The van der Waals surface area contributed by atoms with E-state index in [-0.39, 0.29) is 23.5 Å². The molecule has 4 aromatic heterocycles. The summed E-state index contributed by atoms with van der Waals surface area (Å²) < 4.78 is 42.4. The van der Waals surface area contributed by atoms with Crippen molar-refractivity contribution >= 4 is 28.4 Å². The fourth-order valence-electron chi connectivity index (χ4n) is 6.46. The largest absolute Gasteiger partial charge is 0.494 e. The lowest BCUT2D eigenvalue weighted by atomic mass is 10.1. The summed E-state index contributed by atoms with van der Waals surface area (Å²) in [5, 5.41) is 15.8. The molecule has 0 aliphatic carbocycles. The molecule has 2 aliphatic heterocycles. The van der Waals surface area contributed by atoms with Crippen LogP contribution in [0.15, 0.2) is 36.4 Å². The summed E-state index contributed by atoms with van der Waals surface area (Å²) in [6, 6.07) is 10.8. The predicted molar refractivity (Wildman–Crippen MR) is 172 cm³/mol. The van der Waals surface area contributed by atoms with Gasteiger partial charge in [-0.25, -0.2) is 18.7 Å². The molecule has 0 saturated carbocycles. The third kappa shape index (κ3) is 6.05. The van der Waals surface area contributed by atoms with Crippen LogP contribution in [0.4, 0.5) is 20.2 Å². The molecule has 2 fully saturated rings. The number of halogens is 2. The molecule has 0 spiro atoms. The third-order valence-electron chi connectivity index (χ3n) is 8.73. The first-order chi connectivity index (χ1) is 23.3. The van der Waals surface area contributed by atoms with Gasteiger partial charge in [0.1, 0.15) is 11.7 Å². The quantitative estimate of drug-likeness (QED) is 0.215. The number of nitrogens with one attached hydrogen (secondary N) is 1. The van der Waals surface area contributed by atoms with Crippen molar-refractivity contribution in [1.29, 1.82) is 0 Å². The number of carbonyl (C=O) groups excluding carboxylic acids is 1. The first-order valence-electron chi connectivity index (χ1n) is 16.1. The summed E-state index contributed by atoms with van der Waals surface area (Å²) in [5.74, 6) is 0.383. The molecule has 2 saturated heterocycles. The van der Waals surface area contributed by atoms with Crippen molar-refractivity contribution < 1.29 is 23.0 Å². The maximum Gasteiger partial charge on any atom is 0.295 e. The van der Waals surface area contributed by atoms with Crippen molar-refractivity contribution in [1.82, 2.24) is 44.6 Å². The van der Waals surface area contributed by atoms with Gasteiger partial charge in [-0.3, -0.25) is 14.3 Å². The molecule has 0 bridgehead atoms. The Bertz CT molecular complexity index is 1960. The maximum atomic E-state index is 14.6. The van der Waals surface area contributed by atoms with Crippen molar-refractivity contribution in [2.24, 2.45) is 7.05 Å². The number of fused-ring (bicyclic) bond motifs is 1. The number of benzene rings is 1. The van der Waals surface area contributed by atoms with Crippen molar-refractivity contribution in [2.45, 2.75) is 58.1 Å². The first kappa shape index (κ1) is 31.5. The number of rotatable bonds is 9. The smallest absolute Gasteiger partial charge is 0.295 e. The molecule has 0 radical (unpaired) electrons. The van der Waals surface area contributed by atoms with Gasteiger partial charge in [-0.1, -0.05) is 6.07 Å². The van der Waals surface area contributed by atoms with Gasteiger partial charge in [0.25, 0.3) is 12.3 Å². The Kier molecular flexibility index (Phi) is 8.69. The van der Waals surface area contributed by atoms with Crippen molar-refractivity contribution in [2.75, 3.05) is 32.1 Å². The fraction of sp³-hybridized carbons (Fsp3) is 0.424. The Morgan fingerprint density at radius 1 is 1.06 bits per heavy atom. The Hall–Kier alpha value is -5.05. The van der Waals surface area contributed by atoms with Crippen LogP contribution in [0.1, 0.15) is 78.0 Å². The molecule has 1 unspecified atom stereocenters. The van der Waals surface area contributed by atoms with Crippen LogP contribution in [-0.4, -0.2) is 77.3 Å². The van der Waals surface area contributed by atoms with Crippen molar-refractivity contribution in [3.63, 3.8) is 0 Å². The van der Waals surface area contributed by atoms with Crippen molar-refractivity contribution in [3.05, 3.63) is 64.9 Å². The van der Waals surface area contributed by atoms with Crippen LogP contribution in [0.3, 0.4) is 0 Å². The minimum absolute atomic E-state index is 0.0149. The zero-order valence-electron chi connectivity index (χ0n) is 27.0. The molecule has 250 valence electrons. The Morgan fingerprint density at radius 2 is 1.90 bits per heavy atom. The van der Waals surface area contributed by atoms with Gasteiger partial charge in [0, 0.05) is 31.8 Å². The highest BCUT2D eigenvalue weighted by Gasteiger charge is 2.29. The van der Waals surface area contributed by atoms with E-state index in [1.54, 1.807) is 19.2 Å². The van der Waals surface area contributed by atoms with E-state index in [9.17, 15) is 13.6 Å². The van der Waals surface area contributed by atoms with Gasteiger partial charge in [-0.15, -0.1) is 10.2 Å². The molecule has 15 heteroatoms. The fourth-order valence-corrected chi connectivity index (χ4v) is 6.46. The summed E-state index contributed by atoms with van der Waals surface area (Å²) in [4.78, 5) is 30.3. The van der Waals surface area contributed by atoms with Crippen LogP contribution in [0, 0.1) is 6.92 Å². The molecular weight excluding hydrogens is 622 g/mol. The predicted octanol–water partition coefficient (Wildman–Crippen LogP) is 5.54. The average molecular weight is 659 g/mol. The summed E-state index contributed by atoms with van der Waals surface area (Å²) in [6.45, 7) is 3.79. The molecule has 7 rings (SSSR count). The van der Waals surface area contributed by atoms with Gasteiger partial charge in [0.05, 0.1) is 48.0 Å². The molecular formula is C33H36F2N10O3. The van der Waals surface area contributed by atoms with Crippen LogP contribution in [-0.2, 0) is 18.2 Å². The second kappa shape index (κ2) is 13.2. The number of hydrogen-bond acceptors (Lipinski definition) is 10. The molecule has 48 heavy (non-hydrogen) atoms. The van der Waals surface area contributed by atoms with Crippen LogP contribution in [0.2, 0.25) is 0 Å². The number of methoxy groups -OCH3 is 1. The zero-order valence-corrected chi connectivity index (χ0v) is 27.0. The number of likely N-dealkylation sites (tertiary alicyclic amines) is 1. The number of ether oxygens (including phenoxy) is 2. The van der Waals surface area contributed by atoms with E-state index in [4.69, 9.17) is 19.4 Å².